The smallest absolute Gasteiger partial charge is 0.258 e. The summed E-state index contributed by atoms with van der Waals surface area (Å²) in [4.78, 5) is 22.0. The third kappa shape index (κ3) is 15.2. The molecule has 292 valence electrons. The van der Waals surface area contributed by atoms with Gasteiger partial charge in [0.2, 0.25) is 5.95 Å². The van der Waals surface area contributed by atoms with Gasteiger partial charge in [-0.05, 0) is 55.9 Å². The number of anilines is 1. The summed E-state index contributed by atoms with van der Waals surface area (Å²) in [6, 6.07) is 6.57. The molecule has 5 rings (SSSR count). The van der Waals surface area contributed by atoms with E-state index in [4.69, 9.17) is 9.47 Å². The maximum absolute atomic E-state index is 13.9. The predicted molar refractivity (Wildman–Crippen MR) is 218 cm³/mol. The van der Waals surface area contributed by atoms with E-state index in [9.17, 15) is 9.18 Å². The molecule has 1 aliphatic carbocycles. The Labute approximate surface area is 315 Å². The molecule has 1 fully saturated rings. The number of allylic oxidation sites excluding steroid dienone is 1. The number of hydrogen-bond acceptors (Lipinski definition) is 5. The van der Waals surface area contributed by atoms with E-state index in [0.29, 0.717) is 28.3 Å². The van der Waals surface area contributed by atoms with E-state index >= 15 is 0 Å². The van der Waals surface area contributed by atoms with E-state index < -0.39 is 0 Å². The number of carbonyl (C=O) groups excluding carboxylic acids is 1. The lowest BCUT2D eigenvalue weighted by atomic mass is 9.92. The zero-order chi connectivity index (χ0) is 39.2. The van der Waals surface area contributed by atoms with Crippen molar-refractivity contribution in [2.45, 2.75) is 127 Å². The molecule has 3 aromatic rings. The number of carbonyl (C=O) groups is 1. The second kappa shape index (κ2) is 25.4. The molecule has 2 aromatic heterocycles. The zero-order valence-corrected chi connectivity index (χ0v) is 34.9. The minimum absolute atomic E-state index is 0.314. The van der Waals surface area contributed by atoms with E-state index in [1.165, 1.54) is 63.9 Å². The van der Waals surface area contributed by atoms with Crippen LogP contribution in [0.5, 0.6) is 0 Å². The quantitative estimate of drug-likeness (QED) is 0.211. The van der Waals surface area contributed by atoms with Gasteiger partial charge in [0.25, 0.3) is 5.91 Å². The number of methoxy groups -OCH3 is 2. The van der Waals surface area contributed by atoms with Crippen LogP contribution in [0.1, 0.15) is 140 Å². The monoisotopic (exact) mass is 725 g/mol. The van der Waals surface area contributed by atoms with Gasteiger partial charge in [-0.15, -0.1) is 0 Å². The number of pyridine rings is 1. The van der Waals surface area contributed by atoms with Crippen LogP contribution >= 0.6 is 0 Å². The van der Waals surface area contributed by atoms with Crippen LogP contribution in [0.4, 0.5) is 10.3 Å². The minimum atomic E-state index is -0.325. The van der Waals surface area contributed by atoms with Crippen molar-refractivity contribution in [2.75, 3.05) is 39.7 Å². The number of unbranched alkanes of at least 4 members (excludes halogenated alkanes) is 1. The van der Waals surface area contributed by atoms with Gasteiger partial charge in [-0.3, -0.25) is 15.1 Å². The lowest BCUT2D eigenvalue weighted by molar-refractivity contribution is -0.492. The highest BCUT2D eigenvalue weighted by Crippen LogP contribution is 2.25. The number of amides is 1. The number of ether oxygens (including phenoxy) is 2. The number of rotatable bonds is 10. The molecule has 1 aromatic carbocycles. The number of hydrogen-bond donors (Lipinski definition) is 1. The lowest BCUT2D eigenvalue weighted by Gasteiger charge is -2.18. The van der Waals surface area contributed by atoms with Crippen molar-refractivity contribution in [2.24, 2.45) is 18.9 Å². The summed E-state index contributed by atoms with van der Waals surface area (Å²) >= 11 is 0. The van der Waals surface area contributed by atoms with Crippen LogP contribution in [-0.4, -0.2) is 65.7 Å². The molecule has 3 heterocycles. The summed E-state index contributed by atoms with van der Waals surface area (Å²) in [5, 5.41) is 2.84. The summed E-state index contributed by atoms with van der Waals surface area (Å²) < 4.78 is 28.4. The van der Waals surface area contributed by atoms with Crippen LogP contribution in [0.2, 0.25) is 0 Å². The van der Waals surface area contributed by atoms with Crippen molar-refractivity contribution < 1.29 is 23.2 Å². The summed E-state index contributed by atoms with van der Waals surface area (Å²) in [6.45, 7) is 20.4. The van der Waals surface area contributed by atoms with Crippen LogP contribution in [0.25, 0.3) is 16.6 Å². The maximum Gasteiger partial charge on any atom is 0.258 e. The first-order valence-corrected chi connectivity index (χ1v) is 19.6. The SMILES string of the molecule is C1CCCC1.CC.CCCC.CCCC(COC)C(C)C.COC1=C(c2cc(C(=O)Nc3nc4cc(F)c(C)cc4n3C)cc(C)n2)C=[N+](C)CC1. The summed E-state index contributed by atoms with van der Waals surface area (Å²) in [7, 11) is 7.21. The molecule has 9 heteroatoms. The lowest BCUT2D eigenvalue weighted by Crippen LogP contribution is -2.19. The average molecular weight is 725 g/mol. The summed E-state index contributed by atoms with van der Waals surface area (Å²) in [5.74, 6) is 2.08. The largest absolute Gasteiger partial charge is 0.500 e. The van der Waals surface area contributed by atoms with E-state index in [1.807, 2.05) is 34.0 Å². The van der Waals surface area contributed by atoms with E-state index in [0.717, 1.165) is 54.0 Å². The first-order chi connectivity index (χ1) is 24.9. The van der Waals surface area contributed by atoms with E-state index in [1.54, 1.807) is 51.0 Å². The molecule has 0 bridgehead atoms. The van der Waals surface area contributed by atoms with Crippen molar-refractivity contribution in [1.82, 2.24) is 14.5 Å². The average Bonchev–Trinajstić information content (AvgIpc) is 3.82. The number of imidazole rings is 1. The van der Waals surface area contributed by atoms with Gasteiger partial charge >= 0.3 is 0 Å². The molecule has 1 amide bonds. The Bertz CT molecular complexity index is 1540. The van der Waals surface area contributed by atoms with Crippen molar-refractivity contribution in [1.29, 1.82) is 0 Å². The molecule has 1 N–H and O–H groups in total. The maximum atomic E-state index is 13.9. The first kappa shape index (κ1) is 46.4. The van der Waals surface area contributed by atoms with Crippen LogP contribution in [-0.2, 0) is 16.5 Å². The Kier molecular flexibility index (Phi) is 22.7. The molecule has 0 radical (unpaired) electrons. The molecule has 8 nitrogen and oxygen atoms in total. The molecule has 0 saturated heterocycles. The number of aryl methyl sites for hydroxylation is 3. The van der Waals surface area contributed by atoms with Crippen molar-refractivity contribution >= 4 is 34.7 Å². The number of fused-ring (bicyclic) bond motifs is 1. The molecule has 52 heavy (non-hydrogen) atoms. The molecule has 2 aliphatic rings. The Balaban J connectivity index is 0.000000526. The molecule has 1 aliphatic heterocycles. The fraction of sp³-hybridized carbons (Fsp3) is 0.628. The Morgan fingerprint density at radius 1 is 0.962 bits per heavy atom. The Hall–Kier alpha value is -3.59. The Morgan fingerprint density at radius 3 is 2.10 bits per heavy atom. The zero-order valence-electron chi connectivity index (χ0n) is 34.9. The van der Waals surface area contributed by atoms with E-state index in [2.05, 4.69) is 54.5 Å². The predicted octanol–water partition coefficient (Wildman–Crippen LogP) is 10.9. The van der Waals surface area contributed by atoms with Crippen molar-refractivity contribution in [3.8, 4) is 0 Å². The van der Waals surface area contributed by atoms with E-state index in [-0.39, 0.29) is 11.7 Å². The minimum Gasteiger partial charge on any atom is -0.500 e. The number of nitrogens with zero attached hydrogens (tertiary/aromatic N) is 4. The van der Waals surface area contributed by atoms with Crippen molar-refractivity contribution in [3.05, 3.63) is 58.4 Å². The number of nitrogens with one attached hydrogen (secondary N) is 1. The third-order valence-corrected chi connectivity index (χ3v) is 9.20. The van der Waals surface area contributed by atoms with Crippen LogP contribution < -0.4 is 5.32 Å². The number of aromatic nitrogens is 3. The molecule has 1 atom stereocenters. The van der Waals surface area contributed by atoms with Gasteiger partial charge in [-0.25, -0.2) is 13.9 Å². The fourth-order valence-electron chi connectivity index (χ4n) is 5.81. The third-order valence-electron chi connectivity index (χ3n) is 9.20. The Morgan fingerprint density at radius 2 is 1.58 bits per heavy atom. The molecule has 1 unspecified atom stereocenters. The summed E-state index contributed by atoms with van der Waals surface area (Å²) in [5.41, 5.74) is 4.48. The van der Waals surface area contributed by atoms with Gasteiger partial charge in [-0.1, -0.05) is 99.8 Å². The highest BCUT2D eigenvalue weighted by Gasteiger charge is 2.22. The number of halogens is 1. The van der Waals surface area contributed by atoms with Gasteiger partial charge in [0.1, 0.15) is 30.7 Å². The molecular formula is C43H71FN5O3+. The molecule has 1 saturated carbocycles. The van der Waals surface area contributed by atoms with Gasteiger partial charge in [0.15, 0.2) is 6.21 Å². The van der Waals surface area contributed by atoms with Gasteiger partial charge in [-0.2, -0.15) is 0 Å². The standard InChI is InChI=1S/C23H24FN5O2.C9H20O.C5H10.C4H10.C2H6/c1-13-8-20-19(11-17(13)24)26-23(29(20)4)27-22(30)15-9-14(2)25-18(10-15)16-12-28(3)7-6-21(16)31-5;1-5-6-9(7-10-4)8(2)3;1-2-4-5-3-1;1-3-4-2;1-2/h8-12H,6-7H2,1-5H3;8-9H,5-7H2,1-4H3;1-5H2;3-4H2,1-2H3;1-2H3/p+1. The topological polar surface area (TPSA) is 81.3 Å². The van der Waals surface area contributed by atoms with Gasteiger partial charge in [0, 0.05) is 38.1 Å². The first-order valence-electron chi connectivity index (χ1n) is 19.6. The van der Waals surface area contributed by atoms with Gasteiger partial charge in [0.05, 0.1) is 30.3 Å². The van der Waals surface area contributed by atoms with Crippen LogP contribution in [0.15, 0.2) is 30.0 Å². The van der Waals surface area contributed by atoms with Crippen LogP contribution in [0.3, 0.4) is 0 Å². The fourth-order valence-corrected chi connectivity index (χ4v) is 5.81. The van der Waals surface area contributed by atoms with Crippen LogP contribution in [0, 0.1) is 31.5 Å². The normalized spacial score (nSPS) is 14.1. The second-order valence-electron chi connectivity index (χ2n) is 13.8. The summed E-state index contributed by atoms with van der Waals surface area (Å²) in [6.07, 6.45) is 15.5. The number of benzene rings is 1. The van der Waals surface area contributed by atoms with Gasteiger partial charge < -0.3 is 14.0 Å². The highest BCUT2D eigenvalue weighted by atomic mass is 19.1. The van der Waals surface area contributed by atoms with Crippen molar-refractivity contribution in [3.63, 3.8) is 0 Å². The second-order valence-corrected chi connectivity index (χ2v) is 13.8. The highest BCUT2D eigenvalue weighted by molar-refractivity contribution is 6.10. The molecular weight excluding hydrogens is 654 g/mol. The molecule has 0 spiro atoms.